The Morgan fingerprint density at radius 3 is 2.72 bits per heavy atom. The number of anilines is 1. The minimum Gasteiger partial charge on any atom is -0.451 e. The Morgan fingerprint density at radius 2 is 2.00 bits per heavy atom. The molecule has 1 heterocycles. The second-order valence-electron chi connectivity index (χ2n) is 6.61. The molecule has 0 spiro atoms. The molecule has 1 aliphatic rings. The Morgan fingerprint density at radius 1 is 1.24 bits per heavy atom. The number of nitrogens with one attached hydrogen (secondary N) is 2. The van der Waals surface area contributed by atoms with Crippen LogP contribution in [0.25, 0.3) is 11.0 Å². The van der Waals surface area contributed by atoms with Crippen molar-refractivity contribution in [2.24, 2.45) is 5.92 Å². The zero-order valence-electron chi connectivity index (χ0n) is 14.2. The molecule has 0 bridgehead atoms. The number of carbonyl (C=O) groups excluding carboxylic acids is 2. The number of amides is 2. The van der Waals surface area contributed by atoms with Crippen molar-refractivity contribution in [3.8, 4) is 0 Å². The Hall–Kier alpha value is -2.63. The van der Waals surface area contributed by atoms with Gasteiger partial charge in [0.15, 0.2) is 11.2 Å². The molecular weight excluding hydrogens is 320 g/mol. The van der Waals surface area contributed by atoms with Crippen LogP contribution in [-0.2, 0) is 4.79 Å². The van der Waals surface area contributed by atoms with Crippen LogP contribution in [0.1, 0.15) is 49.6 Å². The maximum atomic E-state index is 12.5. The normalized spacial score (nSPS) is 16.4. The van der Waals surface area contributed by atoms with Crippen molar-refractivity contribution in [3.05, 3.63) is 40.2 Å². The van der Waals surface area contributed by atoms with Crippen molar-refractivity contribution in [1.82, 2.24) is 5.32 Å². The summed E-state index contributed by atoms with van der Waals surface area (Å²) >= 11 is 0. The number of benzene rings is 1. The largest absolute Gasteiger partial charge is 0.451 e. The van der Waals surface area contributed by atoms with E-state index in [1.165, 1.54) is 31.4 Å². The SMILES string of the molecule is C[C@H](NC(=O)c1cc(=O)c2cc(NC=O)ccc2o1)C1CCCCC1. The summed E-state index contributed by atoms with van der Waals surface area (Å²) in [6.07, 6.45) is 6.44. The van der Waals surface area contributed by atoms with E-state index in [1.54, 1.807) is 12.1 Å². The van der Waals surface area contributed by atoms with Gasteiger partial charge in [0.25, 0.3) is 5.91 Å². The molecule has 25 heavy (non-hydrogen) atoms. The minimum absolute atomic E-state index is 0.0104. The Balaban J connectivity index is 1.80. The van der Waals surface area contributed by atoms with Crippen LogP contribution in [-0.4, -0.2) is 18.4 Å². The van der Waals surface area contributed by atoms with Crippen molar-refractivity contribution in [2.45, 2.75) is 45.1 Å². The van der Waals surface area contributed by atoms with E-state index in [-0.39, 0.29) is 23.1 Å². The van der Waals surface area contributed by atoms with Crippen LogP contribution in [0.5, 0.6) is 0 Å². The zero-order valence-corrected chi connectivity index (χ0v) is 14.2. The van der Waals surface area contributed by atoms with E-state index in [2.05, 4.69) is 10.6 Å². The van der Waals surface area contributed by atoms with Gasteiger partial charge < -0.3 is 15.1 Å². The molecule has 1 aromatic carbocycles. The van der Waals surface area contributed by atoms with E-state index < -0.39 is 0 Å². The summed E-state index contributed by atoms with van der Waals surface area (Å²) in [4.78, 5) is 35.3. The third-order valence-electron chi connectivity index (χ3n) is 4.89. The van der Waals surface area contributed by atoms with Gasteiger partial charge in [-0.05, 0) is 43.9 Å². The highest BCUT2D eigenvalue weighted by atomic mass is 16.3. The van der Waals surface area contributed by atoms with E-state index in [0.717, 1.165) is 12.8 Å². The number of hydrogen-bond acceptors (Lipinski definition) is 4. The first-order valence-electron chi connectivity index (χ1n) is 8.67. The average molecular weight is 342 g/mol. The zero-order chi connectivity index (χ0) is 17.8. The number of hydrogen-bond donors (Lipinski definition) is 2. The molecule has 132 valence electrons. The summed E-state index contributed by atoms with van der Waals surface area (Å²) in [5, 5.41) is 5.77. The Kier molecular flexibility index (Phi) is 5.16. The van der Waals surface area contributed by atoms with Crippen molar-refractivity contribution in [2.75, 3.05) is 5.32 Å². The van der Waals surface area contributed by atoms with E-state index in [9.17, 15) is 14.4 Å². The predicted molar refractivity (Wildman–Crippen MR) is 95.7 cm³/mol. The minimum atomic E-state index is -0.368. The molecule has 1 saturated carbocycles. The monoisotopic (exact) mass is 342 g/mol. The van der Waals surface area contributed by atoms with Crippen molar-refractivity contribution in [3.63, 3.8) is 0 Å². The molecule has 0 unspecified atom stereocenters. The molecule has 0 radical (unpaired) electrons. The highest BCUT2D eigenvalue weighted by molar-refractivity contribution is 5.94. The molecule has 1 aromatic heterocycles. The van der Waals surface area contributed by atoms with Crippen LogP contribution >= 0.6 is 0 Å². The highest BCUT2D eigenvalue weighted by Crippen LogP contribution is 2.26. The topological polar surface area (TPSA) is 88.4 Å². The molecule has 6 heteroatoms. The molecule has 1 fully saturated rings. The average Bonchev–Trinajstić information content (AvgIpc) is 2.63. The fraction of sp³-hybridized carbons (Fsp3) is 0.421. The number of carbonyl (C=O) groups is 2. The molecule has 0 saturated heterocycles. The van der Waals surface area contributed by atoms with Gasteiger partial charge in [0, 0.05) is 17.8 Å². The van der Waals surface area contributed by atoms with Crippen LogP contribution < -0.4 is 16.1 Å². The molecule has 2 N–H and O–H groups in total. The molecule has 2 amide bonds. The lowest BCUT2D eigenvalue weighted by atomic mass is 9.84. The summed E-state index contributed by atoms with van der Waals surface area (Å²) in [5.74, 6) is 0.116. The summed E-state index contributed by atoms with van der Waals surface area (Å²) in [7, 11) is 0. The molecule has 2 aromatic rings. The van der Waals surface area contributed by atoms with Crippen LogP contribution in [0.4, 0.5) is 5.69 Å². The van der Waals surface area contributed by atoms with Gasteiger partial charge in [0.2, 0.25) is 6.41 Å². The fourth-order valence-corrected chi connectivity index (χ4v) is 3.46. The van der Waals surface area contributed by atoms with E-state index in [1.807, 2.05) is 6.92 Å². The lowest BCUT2D eigenvalue weighted by Gasteiger charge is -2.28. The predicted octanol–water partition coefficient (Wildman–Crippen LogP) is 3.06. The van der Waals surface area contributed by atoms with Crippen molar-refractivity contribution < 1.29 is 14.0 Å². The van der Waals surface area contributed by atoms with Gasteiger partial charge in [-0.1, -0.05) is 19.3 Å². The van der Waals surface area contributed by atoms with Crippen molar-refractivity contribution >= 4 is 29.0 Å². The van der Waals surface area contributed by atoms with Crippen LogP contribution in [0, 0.1) is 5.92 Å². The lowest BCUT2D eigenvalue weighted by Crippen LogP contribution is -2.39. The van der Waals surface area contributed by atoms with Gasteiger partial charge >= 0.3 is 0 Å². The standard InChI is InChI=1S/C19H22N2O4/c1-12(13-5-3-2-4-6-13)21-19(24)18-10-16(23)15-9-14(20-11-22)7-8-17(15)25-18/h7-13H,2-6H2,1H3,(H,20,22)(H,21,24)/t12-/m0/s1. The highest BCUT2D eigenvalue weighted by Gasteiger charge is 2.23. The smallest absolute Gasteiger partial charge is 0.287 e. The summed E-state index contributed by atoms with van der Waals surface area (Å²) in [6, 6.07) is 5.97. The maximum Gasteiger partial charge on any atom is 0.287 e. The fourth-order valence-electron chi connectivity index (χ4n) is 3.46. The first-order valence-corrected chi connectivity index (χ1v) is 8.67. The lowest BCUT2D eigenvalue weighted by molar-refractivity contribution is -0.105. The molecule has 1 aliphatic carbocycles. The molecule has 1 atom stereocenters. The maximum absolute atomic E-state index is 12.5. The van der Waals surface area contributed by atoms with Crippen LogP contribution in [0.3, 0.4) is 0 Å². The number of fused-ring (bicyclic) bond motifs is 1. The quantitative estimate of drug-likeness (QED) is 0.817. The van der Waals surface area contributed by atoms with Gasteiger partial charge in [0.05, 0.1) is 5.39 Å². The van der Waals surface area contributed by atoms with Gasteiger partial charge in [-0.25, -0.2) is 0 Å². The van der Waals surface area contributed by atoms with Gasteiger partial charge in [-0.15, -0.1) is 0 Å². The molecule has 0 aliphatic heterocycles. The Labute approximate surface area is 145 Å². The second kappa shape index (κ2) is 7.51. The first-order chi connectivity index (χ1) is 12.1. The Bertz CT molecular complexity index is 837. The van der Waals surface area contributed by atoms with Crippen LogP contribution in [0.15, 0.2) is 33.5 Å². The molecular formula is C19H22N2O4. The second-order valence-corrected chi connectivity index (χ2v) is 6.61. The van der Waals surface area contributed by atoms with E-state index >= 15 is 0 Å². The molecule has 6 nitrogen and oxygen atoms in total. The van der Waals surface area contributed by atoms with Crippen molar-refractivity contribution in [1.29, 1.82) is 0 Å². The number of rotatable bonds is 5. The summed E-state index contributed by atoms with van der Waals surface area (Å²) in [6.45, 7) is 2.00. The summed E-state index contributed by atoms with van der Waals surface area (Å²) < 4.78 is 5.60. The van der Waals surface area contributed by atoms with E-state index in [4.69, 9.17) is 4.42 Å². The van der Waals surface area contributed by atoms with Crippen LogP contribution in [0.2, 0.25) is 0 Å². The van der Waals surface area contributed by atoms with Gasteiger partial charge in [0.1, 0.15) is 5.58 Å². The van der Waals surface area contributed by atoms with E-state index in [0.29, 0.717) is 29.0 Å². The van der Waals surface area contributed by atoms with Gasteiger partial charge in [-0.3, -0.25) is 14.4 Å². The van der Waals surface area contributed by atoms with Gasteiger partial charge in [-0.2, -0.15) is 0 Å². The first kappa shape index (κ1) is 17.2. The molecule has 3 rings (SSSR count). The third-order valence-corrected chi connectivity index (χ3v) is 4.89. The summed E-state index contributed by atoms with van der Waals surface area (Å²) in [5.41, 5.74) is 0.503. The third kappa shape index (κ3) is 3.90.